The summed E-state index contributed by atoms with van der Waals surface area (Å²) in [5.41, 5.74) is 0.759. The summed E-state index contributed by atoms with van der Waals surface area (Å²) < 4.78 is 0. The summed E-state index contributed by atoms with van der Waals surface area (Å²) in [7, 11) is 0. The van der Waals surface area contributed by atoms with Crippen LogP contribution in [0.3, 0.4) is 0 Å². The van der Waals surface area contributed by atoms with Crippen molar-refractivity contribution < 1.29 is 34.2 Å². The molecule has 0 radical (unpaired) electrons. The third-order valence-electron chi connectivity index (χ3n) is 3.41. The number of carboxylic acid groups (broad SMARTS) is 2. The standard InChI is InChI=1S/C15H16N2O7/c18-12(6-9-4-2-1-3-5-9)16-8-13(19)17-10(14(20)21)7-11(24-17)15(22)23/h1-5,10-11H,6-8H2,(H,16,18)(H,20,21)(H,22,23)/t10-,11+/m0/s1. The number of amides is 2. The van der Waals surface area contributed by atoms with E-state index >= 15 is 0 Å². The first-order chi connectivity index (χ1) is 11.4. The van der Waals surface area contributed by atoms with Gasteiger partial charge in [0.05, 0.1) is 13.0 Å². The Morgan fingerprint density at radius 2 is 1.79 bits per heavy atom. The van der Waals surface area contributed by atoms with Crippen molar-refractivity contribution in [1.82, 2.24) is 10.4 Å². The number of nitrogens with one attached hydrogen (secondary N) is 1. The maximum Gasteiger partial charge on any atom is 0.335 e. The van der Waals surface area contributed by atoms with Crippen LogP contribution in [0.5, 0.6) is 0 Å². The number of benzene rings is 1. The maximum atomic E-state index is 12.0. The zero-order chi connectivity index (χ0) is 17.7. The maximum absolute atomic E-state index is 12.0. The van der Waals surface area contributed by atoms with Crippen molar-refractivity contribution in [2.75, 3.05) is 6.54 Å². The fourth-order valence-corrected chi connectivity index (χ4v) is 2.23. The van der Waals surface area contributed by atoms with Crippen LogP contribution < -0.4 is 5.32 Å². The number of aliphatic carboxylic acids is 2. The lowest BCUT2D eigenvalue weighted by Gasteiger charge is -2.19. The first-order valence-electron chi connectivity index (χ1n) is 7.13. The molecule has 1 aliphatic rings. The van der Waals surface area contributed by atoms with Gasteiger partial charge in [0, 0.05) is 6.42 Å². The lowest BCUT2D eigenvalue weighted by Crippen LogP contribution is -2.45. The fourth-order valence-electron chi connectivity index (χ4n) is 2.23. The first-order valence-corrected chi connectivity index (χ1v) is 7.13. The van der Waals surface area contributed by atoms with Gasteiger partial charge in [-0.05, 0) is 5.56 Å². The van der Waals surface area contributed by atoms with Crippen molar-refractivity contribution in [1.29, 1.82) is 0 Å². The Labute approximate surface area is 136 Å². The highest BCUT2D eigenvalue weighted by Gasteiger charge is 2.44. The molecule has 24 heavy (non-hydrogen) atoms. The summed E-state index contributed by atoms with van der Waals surface area (Å²) in [6.45, 7) is -0.484. The number of carboxylic acids is 2. The Kier molecular flexibility index (Phi) is 5.48. The predicted molar refractivity (Wildman–Crippen MR) is 78.6 cm³/mol. The third kappa shape index (κ3) is 4.29. The molecule has 0 saturated carbocycles. The molecule has 0 spiro atoms. The van der Waals surface area contributed by atoms with Crippen LogP contribution in [0, 0.1) is 0 Å². The number of hydrogen-bond donors (Lipinski definition) is 3. The van der Waals surface area contributed by atoms with Crippen molar-refractivity contribution in [2.45, 2.75) is 25.0 Å². The highest BCUT2D eigenvalue weighted by molar-refractivity contribution is 5.89. The van der Waals surface area contributed by atoms with E-state index in [9.17, 15) is 19.2 Å². The predicted octanol–water partition coefficient (Wildman–Crippen LogP) is -0.584. The number of hydrogen-bond acceptors (Lipinski definition) is 5. The molecule has 0 unspecified atom stereocenters. The van der Waals surface area contributed by atoms with Gasteiger partial charge in [-0.1, -0.05) is 30.3 Å². The van der Waals surface area contributed by atoms with Crippen molar-refractivity contribution in [2.24, 2.45) is 0 Å². The Balaban J connectivity index is 1.90. The van der Waals surface area contributed by atoms with Gasteiger partial charge >= 0.3 is 11.9 Å². The van der Waals surface area contributed by atoms with Gasteiger partial charge in [-0.3, -0.25) is 14.4 Å². The molecule has 128 valence electrons. The highest BCUT2D eigenvalue weighted by atomic mass is 16.7. The average molecular weight is 336 g/mol. The van der Waals surface area contributed by atoms with Crippen LogP contribution in [0.2, 0.25) is 0 Å². The minimum absolute atomic E-state index is 0.0646. The van der Waals surface area contributed by atoms with Crippen LogP contribution in [0.1, 0.15) is 12.0 Å². The normalized spacial score (nSPS) is 19.8. The molecule has 2 rings (SSSR count). The van der Waals surface area contributed by atoms with E-state index in [4.69, 9.17) is 15.1 Å². The van der Waals surface area contributed by atoms with E-state index in [1.165, 1.54) is 0 Å². The van der Waals surface area contributed by atoms with E-state index in [1.54, 1.807) is 30.3 Å². The average Bonchev–Trinajstić information content (AvgIpc) is 2.99. The lowest BCUT2D eigenvalue weighted by atomic mass is 10.1. The number of hydroxylamine groups is 2. The first kappa shape index (κ1) is 17.4. The molecule has 9 nitrogen and oxygen atoms in total. The van der Waals surface area contributed by atoms with Crippen LogP contribution in [-0.4, -0.2) is 57.7 Å². The Morgan fingerprint density at radius 3 is 2.38 bits per heavy atom. The number of rotatable bonds is 6. The molecule has 0 aliphatic carbocycles. The van der Waals surface area contributed by atoms with Crippen LogP contribution in [0.4, 0.5) is 0 Å². The zero-order valence-corrected chi connectivity index (χ0v) is 12.5. The van der Waals surface area contributed by atoms with Crippen molar-refractivity contribution in [3.8, 4) is 0 Å². The van der Waals surface area contributed by atoms with E-state index in [0.717, 1.165) is 5.56 Å². The monoisotopic (exact) mass is 336 g/mol. The Hall–Kier alpha value is -2.94. The molecule has 3 N–H and O–H groups in total. The van der Waals surface area contributed by atoms with E-state index in [0.29, 0.717) is 5.06 Å². The Bertz CT molecular complexity index is 646. The van der Waals surface area contributed by atoms with Crippen LogP contribution in [-0.2, 0) is 30.4 Å². The third-order valence-corrected chi connectivity index (χ3v) is 3.41. The second-order valence-electron chi connectivity index (χ2n) is 5.18. The van der Waals surface area contributed by atoms with Gasteiger partial charge in [0.25, 0.3) is 5.91 Å². The molecular weight excluding hydrogens is 320 g/mol. The van der Waals surface area contributed by atoms with Crippen LogP contribution in [0.15, 0.2) is 30.3 Å². The summed E-state index contributed by atoms with van der Waals surface area (Å²) in [6.07, 6.45) is -1.70. The number of nitrogens with zero attached hydrogens (tertiary/aromatic N) is 1. The van der Waals surface area contributed by atoms with Gasteiger partial charge < -0.3 is 15.5 Å². The van der Waals surface area contributed by atoms with Gasteiger partial charge in [0.1, 0.15) is 0 Å². The molecule has 0 aromatic heterocycles. The smallest absolute Gasteiger partial charge is 0.335 e. The summed E-state index contributed by atoms with van der Waals surface area (Å²) >= 11 is 0. The molecule has 1 heterocycles. The minimum Gasteiger partial charge on any atom is -0.480 e. The van der Waals surface area contributed by atoms with E-state index < -0.39 is 42.4 Å². The van der Waals surface area contributed by atoms with E-state index in [-0.39, 0.29) is 12.8 Å². The quantitative estimate of drug-likeness (QED) is 0.632. The van der Waals surface area contributed by atoms with Gasteiger partial charge in [-0.15, -0.1) is 0 Å². The largest absolute Gasteiger partial charge is 0.480 e. The fraction of sp³-hybridized carbons (Fsp3) is 0.333. The second-order valence-corrected chi connectivity index (χ2v) is 5.18. The molecule has 9 heteroatoms. The highest BCUT2D eigenvalue weighted by Crippen LogP contribution is 2.21. The topological polar surface area (TPSA) is 133 Å². The summed E-state index contributed by atoms with van der Waals surface area (Å²) in [4.78, 5) is 50.7. The van der Waals surface area contributed by atoms with Crippen molar-refractivity contribution in [3.05, 3.63) is 35.9 Å². The lowest BCUT2D eigenvalue weighted by molar-refractivity contribution is -0.198. The van der Waals surface area contributed by atoms with E-state index in [2.05, 4.69) is 5.32 Å². The molecule has 1 aliphatic heterocycles. The van der Waals surface area contributed by atoms with Gasteiger partial charge in [-0.2, -0.15) is 0 Å². The summed E-state index contributed by atoms with van der Waals surface area (Å²) in [5, 5.41) is 20.8. The molecular formula is C15H16N2O7. The molecule has 1 saturated heterocycles. The minimum atomic E-state index is -1.41. The summed E-state index contributed by atoms with van der Waals surface area (Å²) in [5.74, 6) is -3.98. The SMILES string of the molecule is O=C(Cc1ccccc1)NCC(=O)N1O[C@@H](C(=O)O)C[C@H]1C(=O)O. The van der Waals surface area contributed by atoms with Crippen LogP contribution in [0.25, 0.3) is 0 Å². The molecule has 1 aromatic rings. The van der Waals surface area contributed by atoms with E-state index in [1.807, 2.05) is 0 Å². The molecule has 1 aromatic carbocycles. The van der Waals surface area contributed by atoms with Crippen LogP contribution >= 0.6 is 0 Å². The number of carbonyl (C=O) groups is 4. The van der Waals surface area contributed by atoms with Gasteiger partial charge in [-0.25, -0.2) is 14.7 Å². The van der Waals surface area contributed by atoms with Gasteiger partial charge in [0.15, 0.2) is 12.1 Å². The zero-order valence-electron chi connectivity index (χ0n) is 12.5. The molecule has 0 bridgehead atoms. The molecule has 1 fully saturated rings. The second kappa shape index (κ2) is 7.55. The number of carbonyl (C=O) groups excluding carboxylic acids is 2. The summed E-state index contributed by atoms with van der Waals surface area (Å²) in [6, 6.07) is 7.46. The van der Waals surface area contributed by atoms with Crippen molar-refractivity contribution >= 4 is 23.8 Å². The Morgan fingerprint density at radius 1 is 1.12 bits per heavy atom. The molecule has 2 atom stereocenters. The van der Waals surface area contributed by atoms with Gasteiger partial charge in [0.2, 0.25) is 5.91 Å². The van der Waals surface area contributed by atoms with Crippen molar-refractivity contribution in [3.63, 3.8) is 0 Å². The molecule has 2 amide bonds.